The van der Waals surface area contributed by atoms with Gasteiger partial charge in [-0.25, -0.2) is 13.8 Å². The van der Waals surface area contributed by atoms with Gasteiger partial charge in [-0.3, -0.25) is 0 Å². The molecule has 0 bridgehead atoms. The van der Waals surface area contributed by atoms with Crippen LogP contribution in [0, 0.1) is 0 Å². The summed E-state index contributed by atoms with van der Waals surface area (Å²) in [5.41, 5.74) is 1.52. The number of anilines is 2. The molecule has 1 aliphatic carbocycles. The van der Waals surface area contributed by atoms with Crippen LogP contribution in [0.15, 0.2) is 24.4 Å². The molecule has 2 aromatic rings. The number of rotatable bonds is 4. The number of aliphatic hydroxyl groups is 1. The summed E-state index contributed by atoms with van der Waals surface area (Å²) >= 11 is 6.08. The summed E-state index contributed by atoms with van der Waals surface area (Å²) in [7, 11) is 0. The first-order valence-electron chi connectivity index (χ1n) is 9.32. The van der Waals surface area contributed by atoms with Gasteiger partial charge >= 0.3 is 0 Å². The second-order valence-corrected chi connectivity index (χ2v) is 8.34. The van der Waals surface area contributed by atoms with Crippen molar-refractivity contribution in [3.05, 3.63) is 29.5 Å². The molecule has 2 aliphatic rings. The molecule has 0 aromatic carbocycles. The summed E-state index contributed by atoms with van der Waals surface area (Å²) in [6.07, 6.45) is 4.78. The fourth-order valence-corrected chi connectivity index (χ4v) is 3.83. The first kappa shape index (κ1) is 19.3. The fourth-order valence-electron chi connectivity index (χ4n) is 3.67. The molecular formula is C19H22ClF2N5O. The van der Waals surface area contributed by atoms with E-state index in [0.717, 1.165) is 36.9 Å². The maximum atomic E-state index is 13.0. The molecule has 9 heteroatoms. The number of hydrogen-bond donors (Lipinski definition) is 2. The number of hydrogen-bond acceptors (Lipinski definition) is 6. The Morgan fingerprint density at radius 2 is 1.93 bits per heavy atom. The van der Waals surface area contributed by atoms with E-state index in [1.165, 1.54) is 4.90 Å². The summed E-state index contributed by atoms with van der Waals surface area (Å²) in [6, 6.07) is 5.40. The smallest absolute Gasteiger partial charge is 0.282 e. The standard InChI is InChI=1S/C19H22ClF2N5O/c1-18(28)6-4-12(5-7-18)24-15-8-16(20)23-9-13(15)14-2-3-17(26-25-14)27-10-19(21,22)11-27/h2-3,8-9,12,28H,4-7,10-11H2,1H3,(H,23,24). The Labute approximate surface area is 166 Å². The van der Waals surface area contributed by atoms with Crippen molar-refractivity contribution in [1.82, 2.24) is 15.2 Å². The Morgan fingerprint density at radius 1 is 1.21 bits per heavy atom. The van der Waals surface area contributed by atoms with E-state index < -0.39 is 11.5 Å². The molecule has 2 aromatic heterocycles. The normalized spacial score (nSPS) is 26.6. The second kappa shape index (κ2) is 7.08. The molecule has 2 N–H and O–H groups in total. The highest BCUT2D eigenvalue weighted by atomic mass is 35.5. The van der Waals surface area contributed by atoms with Gasteiger partial charge in [0.2, 0.25) is 0 Å². The minimum atomic E-state index is -2.65. The van der Waals surface area contributed by atoms with Crippen molar-refractivity contribution < 1.29 is 13.9 Å². The van der Waals surface area contributed by atoms with E-state index in [1.54, 1.807) is 24.4 Å². The van der Waals surface area contributed by atoms with Crippen LogP contribution in [0.25, 0.3) is 11.3 Å². The fraction of sp³-hybridized carbons (Fsp3) is 0.526. The Bertz CT molecular complexity index is 844. The number of aromatic nitrogens is 3. The molecular weight excluding hydrogens is 388 g/mol. The first-order valence-corrected chi connectivity index (χ1v) is 9.70. The van der Waals surface area contributed by atoms with Crippen molar-refractivity contribution in [3.8, 4) is 11.3 Å². The van der Waals surface area contributed by atoms with Crippen LogP contribution in [0.5, 0.6) is 0 Å². The van der Waals surface area contributed by atoms with Crippen LogP contribution in [0.4, 0.5) is 20.3 Å². The van der Waals surface area contributed by atoms with Crippen molar-refractivity contribution in [3.63, 3.8) is 0 Å². The van der Waals surface area contributed by atoms with Crippen molar-refractivity contribution in [1.29, 1.82) is 0 Å². The maximum absolute atomic E-state index is 13.0. The van der Waals surface area contributed by atoms with Crippen molar-refractivity contribution >= 4 is 23.1 Å². The third-order valence-corrected chi connectivity index (χ3v) is 5.59. The summed E-state index contributed by atoms with van der Waals surface area (Å²) < 4.78 is 26.1. The predicted molar refractivity (Wildman–Crippen MR) is 104 cm³/mol. The van der Waals surface area contributed by atoms with E-state index >= 15 is 0 Å². The first-order chi connectivity index (χ1) is 13.2. The summed E-state index contributed by atoms with van der Waals surface area (Å²) in [4.78, 5) is 5.63. The zero-order chi connectivity index (χ0) is 19.9. The zero-order valence-electron chi connectivity index (χ0n) is 15.5. The van der Waals surface area contributed by atoms with Gasteiger partial charge < -0.3 is 15.3 Å². The third-order valence-electron chi connectivity index (χ3n) is 5.39. The van der Waals surface area contributed by atoms with Crippen molar-refractivity contribution in [2.24, 2.45) is 0 Å². The molecule has 150 valence electrons. The lowest BCUT2D eigenvalue weighted by molar-refractivity contribution is -0.0267. The Morgan fingerprint density at radius 3 is 2.54 bits per heavy atom. The van der Waals surface area contributed by atoms with Crippen LogP contribution in [-0.2, 0) is 0 Å². The van der Waals surface area contributed by atoms with E-state index in [4.69, 9.17) is 11.6 Å². The van der Waals surface area contributed by atoms with Gasteiger partial charge in [0.15, 0.2) is 5.82 Å². The van der Waals surface area contributed by atoms with Gasteiger partial charge in [-0.1, -0.05) is 11.6 Å². The van der Waals surface area contributed by atoms with Crippen LogP contribution in [-0.4, -0.2) is 50.9 Å². The number of pyridine rings is 1. The molecule has 0 unspecified atom stereocenters. The van der Waals surface area contributed by atoms with Crippen LogP contribution in [0.1, 0.15) is 32.6 Å². The maximum Gasteiger partial charge on any atom is 0.282 e. The summed E-state index contributed by atoms with van der Waals surface area (Å²) in [6.45, 7) is 1.20. The molecule has 0 radical (unpaired) electrons. The molecule has 28 heavy (non-hydrogen) atoms. The monoisotopic (exact) mass is 409 g/mol. The van der Waals surface area contributed by atoms with Crippen LogP contribution >= 0.6 is 11.6 Å². The second-order valence-electron chi connectivity index (χ2n) is 7.96. The molecule has 0 amide bonds. The van der Waals surface area contributed by atoms with Crippen LogP contribution < -0.4 is 10.2 Å². The highest BCUT2D eigenvalue weighted by Gasteiger charge is 2.44. The van der Waals surface area contributed by atoms with Gasteiger partial charge in [-0.15, -0.1) is 10.2 Å². The number of halogens is 3. The minimum absolute atomic E-state index is 0.216. The Hall–Kier alpha value is -2.06. The van der Waals surface area contributed by atoms with Gasteiger partial charge in [-0.2, -0.15) is 0 Å². The van der Waals surface area contributed by atoms with Crippen LogP contribution in [0.2, 0.25) is 5.15 Å². The lowest BCUT2D eigenvalue weighted by Gasteiger charge is -2.39. The SMILES string of the molecule is CC1(O)CCC(Nc2cc(Cl)ncc2-c2ccc(N3CC(F)(F)C3)nn2)CC1. The van der Waals surface area contributed by atoms with E-state index in [0.29, 0.717) is 16.7 Å². The van der Waals surface area contributed by atoms with Gasteiger partial charge in [0.1, 0.15) is 5.15 Å². The summed E-state index contributed by atoms with van der Waals surface area (Å²) in [5, 5.41) is 22.3. The number of alkyl halides is 2. The molecule has 3 heterocycles. The van der Waals surface area contributed by atoms with E-state index in [-0.39, 0.29) is 19.1 Å². The quantitative estimate of drug-likeness (QED) is 0.749. The summed E-state index contributed by atoms with van der Waals surface area (Å²) in [5.74, 6) is -2.22. The average Bonchev–Trinajstić information content (AvgIpc) is 2.62. The number of nitrogens with zero attached hydrogens (tertiary/aromatic N) is 4. The largest absolute Gasteiger partial charge is 0.390 e. The van der Waals surface area contributed by atoms with E-state index in [2.05, 4.69) is 20.5 Å². The molecule has 4 rings (SSSR count). The zero-order valence-corrected chi connectivity index (χ0v) is 16.3. The lowest BCUT2D eigenvalue weighted by Crippen LogP contribution is -2.56. The molecule has 1 aliphatic heterocycles. The predicted octanol–water partition coefficient (Wildman–Crippen LogP) is 3.75. The Balaban J connectivity index is 1.52. The topological polar surface area (TPSA) is 74.2 Å². The van der Waals surface area contributed by atoms with Gasteiger partial charge in [0.25, 0.3) is 5.92 Å². The lowest BCUT2D eigenvalue weighted by atomic mass is 9.83. The number of nitrogens with one attached hydrogen (secondary N) is 1. The molecule has 1 saturated heterocycles. The molecule has 2 fully saturated rings. The molecule has 0 atom stereocenters. The van der Waals surface area contributed by atoms with Gasteiger partial charge in [0.05, 0.1) is 24.4 Å². The third kappa shape index (κ3) is 4.17. The highest BCUT2D eigenvalue weighted by molar-refractivity contribution is 6.29. The van der Waals surface area contributed by atoms with Gasteiger partial charge in [-0.05, 0) is 50.8 Å². The minimum Gasteiger partial charge on any atom is -0.390 e. The van der Waals surface area contributed by atoms with E-state index in [9.17, 15) is 13.9 Å². The van der Waals surface area contributed by atoms with Crippen LogP contribution in [0.3, 0.4) is 0 Å². The molecule has 6 nitrogen and oxygen atoms in total. The molecule has 0 spiro atoms. The highest BCUT2D eigenvalue weighted by Crippen LogP contribution is 2.34. The van der Waals surface area contributed by atoms with Crippen molar-refractivity contribution in [2.45, 2.75) is 50.2 Å². The van der Waals surface area contributed by atoms with Crippen molar-refractivity contribution in [2.75, 3.05) is 23.3 Å². The average molecular weight is 410 g/mol. The molecule has 1 saturated carbocycles. The van der Waals surface area contributed by atoms with E-state index in [1.807, 2.05) is 6.92 Å². The van der Waals surface area contributed by atoms with Gasteiger partial charge in [0, 0.05) is 23.5 Å². The Kier molecular flexibility index (Phi) is 4.87.